The number of anilines is 6. The van der Waals surface area contributed by atoms with Crippen LogP contribution in [0.4, 0.5) is 34.1 Å². The summed E-state index contributed by atoms with van der Waals surface area (Å²) in [7, 11) is 0. The van der Waals surface area contributed by atoms with Crippen LogP contribution in [-0.4, -0.2) is 11.3 Å². The van der Waals surface area contributed by atoms with E-state index < -0.39 is 0 Å². The third-order valence-electron chi connectivity index (χ3n) is 24.2. The highest BCUT2D eigenvalue weighted by Gasteiger charge is 2.46. The molecule has 19 aromatic carbocycles. The standard InChI is InChI=1S/C106H76BN3/c1-105(2,3)81-57-75-45-41-71-53-79(54-72-42-46-76(58-81)100(75)98(71)72)69-49-51-94-90(61-69)107-91-62-70(80-55-73-43-47-77-59-82(106(4,5)6)60-78-48-44-74(56-80)99(73)101(77)78)50-52-95(91)110(104-86(67-29-15-9-16-30-67)37-24-38-87(104)68-31-17-10-18-32-68)97-64-83(108-92-39-21-19-33-88(92)89-34-20-22-40-93(89)108)63-96(102(97)107)109(94)103-84(65-25-11-7-12-26-65)35-23-36-85(103)66-27-13-8-14-28-66/h7-64H,1-6H3. The Kier molecular flexibility index (Phi) is 14.0. The molecular formula is C106H76BN3. The van der Waals surface area contributed by atoms with E-state index in [4.69, 9.17) is 0 Å². The first-order chi connectivity index (χ1) is 53.8. The van der Waals surface area contributed by atoms with Crippen LogP contribution in [0, 0.1) is 0 Å². The number of aromatic nitrogens is 1. The lowest BCUT2D eigenvalue weighted by Gasteiger charge is -2.46. The SMILES string of the molecule is CC(C)(C)c1cc2ccc3cc(-c4ccc5c(c4)B4c6cc(-c7cc8ccc9cc(C(C)(C)C)cc%10ccc(c7)c8c9%10)ccc6N(c6c(-c7ccccc7)cccc6-c6ccccc6)c6cc(-n7c8ccccc8c8ccccc87)cc(c64)N5c4c(-c5ccccc5)cccc4-c4ccccc4)cc4ccc(c1)c2c34. The molecule has 22 rings (SSSR count). The Hall–Kier alpha value is -13.3. The molecular weight excluding hydrogens is 1330 g/mol. The lowest BCUT2D eigenvalue weighted by Crippen LogP contribution is -2.61. The number of hydrogen-bond donors (Lipinski definition) is 0. The van der Waals surface area contributed by atoms with Gasteiger partial charge in [-0.05, 0) is 208 Å². The average Bonchev–Trinajstić information content (AvgIpc) is 0.815. The molecule has 110 heavy (non-hydrogen) atoms. The molecule has 0 radical (unpaired) electrons. The molecule has 0 aliphatic carbocycles. The quantitative estimate of drug-likeness (QED) is 0.105. The fraction of sp³-hybridized carbons (Fsp3) is 0.0755. The van der Waals surface area contributed by atoms with Crippen molar-refractivity contribution in [3.63, 3.8) is 0 Å². The van der Waals surface area contributed by atoms with Gasteiger partial charge in [0.05, 0.1) is 28.1 Å². The lowest BCUT2D eigenvalue weighted by molar-refractivity contribution is 0.591. The highest BCUT2D eigenvalue weighted by Crippen LogP contribution is 2.55. The summed E-state index contributed by atoms with van der Waals surface area (Å²) in [5.41, 5.74) is 30.3. The maximum atomic E-state index is 2.70. The van der Waals surface area contributed by atoms with E-state index in [2.05, 4.69) is 408 Å². The molecule has 20 aromatic rings. The maximum Gasteiger partial charge on any atom is 0.252 e. The Bertz CT molecular complexity index is 6490. The minimum atomic E-state index is -0.304. The molecule has 3 nitrogen and oxygen atoms in total. The summed E-state index contributed by atoms with van der Waals surface area (Å²) < 4.78 is 2.54. The molecule has 2 aliphatic heterocycles. The average molecular weight is 1400 g/mol. The summed E-state index contributed by atoms with van der Waals surface area (Å²) in [5.74, 6) is 0. The molecule has 0 N–H and O–H groups in total. The van der Waals surface area contributed by atoms with Crippen molar-refractivity contribution in [3.8, 4) is 72.4 Å². The van der Waals surface area contributed by atoms with Crippen LogP contribution in [0.5, 0.6) is 0 Å². The van der Waals surface area contributed by atoms with Gasteiger partial charge in [-0.25, -0.2) is 0 Å². The van der Waals surface area contributed by atoms with Gasteiger partial charge in [0.2, 0.25) is 0 Å². The van der Waals surface area contributed by atoms with Crippen molar-refractivity contribution in [1.29, 1.82) is 0 Å². The summed E-state index contributed by atoms with van der Waals surface area (Å²) in [6, 6.07) is 135. The molecule has 3 heterocycles. The Morgan fingerprint density at radius 1 is 0.236 bits per heavy atom. The normalized spacial score (nSPS) is 12.9. The van der Waals surface area contributed by atoms with Crippen LogP contribution in [0.15, 0.2) is 352 Å². The van der Waals surface area contributed by atoms with Gasteiger partial charge in [-0.1, -0.05) is 333 Å². The topological polar surface area (TPSA) is 11.4 Å². The van der Waals surface area contributed by atoms with Crippen LogP contribution in [0.2, 0.25) is 0 Å². The van der Waals surface area contributed by atoms with Gasteiger partial charge in [0.15, 0.2) is 0 Å². The molecule has 0 saturated heterocycles. The molecule has 0 atom stereocenters. The first kappa shape index (κ1) is 64.0. The maximum absolute atomic E-state index is 2.70. The zero-order chi connectivity index (χ0) is 73.4. The molecule has 0 fully saturated rings. The summed E-state index contributed by atoms with van der Waals surface area (Å²) >= 11 is 0. The smallest absolute Gasteiger partial charge is 0.252 e. The second kappa shape index (κ2) is 24.1. The highest BCUT2D eigenvalue weighted by atomic mass is 15.2. The minimum Gasteiger partial charge on any atom is -0.310 e. The van der Waals surface area contributed by atoms with E-state index in [0.717, 1.165) is 95.4 Å². The summed E-state index contributed by atoms with van der Waals surface area (Å²) in [6.07, 6.45) is 0. The Balaban J connectivity index is 0.887. The zero-order valence-electron chi connectivity index (χ0n) is 62.4. The molecule has 4 heteroatoms. The molecule has 0 saturated carbocycles. The molecule has 2 aliphatic rings. The van der Waals surface area contributed by atoms with Crippen molar-refractivity contribution in [2.24, 2.45) is 0 Å². The van der Waals surface area contributed by atoms with Crippen molar-refractivity contribution in [2.75, 3.05) is 9.80 Å². The number of benzene rings is 19. The van der Waals surface area contributed by atoms with Crippen molar-refractivity contribution in [2.45, 2.75) is 52.4 Å². The van der Waals surface area contributed by atoms with Gasteiger partial charge in [0.25, 0.3) is 6.71 Å². The Morgan fingerprint density at radius 2 is 0.536 bits per heavy atom. The number of rotatable bonds is 9. The molecule has 0 amide bonds. The highest BCUT2D eigenvalue weighted by molar-refractivity contribution is 7.00. The minimum absolute atomic E-state index is 0.0141. The largest absolute Gasteiger partial charge is 0.310 e. The lowest BCUT2D eigenvalue weighted by atomic mass is 9.33. The van der Waals surface area contributed by atoms with E-state index in [1.807, 2.05) is 0 Å². The molecule has 1 aromatic heterocycles. The van der Waals surface area contributed by atoms with Crippen molar-refractivity contribution >= 4 is 144 Å². The van der Waals surface area contributed by atoms with Gasteiger partial charge < -0.3 is 14.4 Å². The van der Waals surface area contributed by atoms with E-state index in [9.17, 15) is 0 Å². The molecule has 0 spiro atoms. The van der Waals surface area contributed by atoms with Crippen molar-refractivity contribution in [1.82, 2.24) is 4.57 Å². The van der Waals surface area contributed by atoms with Gasteiger partial charge in [-0.3, -0.25) is 0 Å². The van der Waals surface area contributed by atoms with Gasteiger partial charge in [-0.15, -0.1) is 0 Å². The third kappa shape index (κ3) is 9.84. The van der Waals surface area contributed by atoms with Crippen molar-refractivity contribution in [3.05, 3.63) is 363 Å². The number of hydrogen-bond acceptors (Lipinski definition) is 2. The van der Waals surface area contributed by atoms with E-state index in [-0.39, 0.29) is 17.5 Å². The predicted octanol–water partition coefficient (Wildman–Crippen LogP) is 27.3. The fourth-order valence-electron chi connectivity index (χ4n) is 19.0. The number of fused-ring (bicyclic) bond motifs is 7. The number of para-hydroxylation sites is 4. The Labute approximate surface area is 641 Å². The van der Waals surface area contributed by atoms with Crippen LogP contribution in [0.3, 0.4) is 0 Å². The van der Waals surface area contributed by atoms with Crippen LogP contribution >= 0.6 is 0 Å². The van der Waals surface area contributed by atoms with Crippen LogP contribution in [0.1, 0.15) is 52.7 Å². The van der Waals surface area contributed by atoms with Crippen LogP contribution in [0.25, 0.3) is 159 Å². The fourth-order valence-corrected chi connectivity index (χ4v) is 19.0. The molecule has 0 bridgehead atoms. The van der Waals surface area contributed by atoms with Crippen molar-refractivity contribution < 1.29 is 0 Å². The van der Waals surface area contributed by atoms with Gasteiger partial charge in [-0.2, -0.15) is 0 Å². The second-order valence-corrected chi connectivity index (χ2v) is 32.7. The van der Waals surface area contributed by atoms with E-state index in [0.29, 0.717) is 0 Å². The third-order valence-corrected chi connectivity index (χ3v) is 24.2. The first-order valence-corrected chi connectivity index (χ1v) is 38.8. The summed E-state index contributed by atoms with van der Waals surface area (Å²) in [4.78, 5) is 5.39. The van der Waals surface area contributed by atoms with Crippen LogP contribution < -0.4 is 26.2 Å². The zero-order valence-corrected chi connectivity index (χ0v) is 62.4. The molecule has 518 valence electrons. The summed E-state index contributed by atoms with van der Waals surface area (Å²) in [6.45, 7) is 13.6. The first-order valence-electron chi connectivity index (χ1n) is 38.8. The molecule has 0 unspecified atom stereocenters. The Morgan fingerprint density at radius 3 is 0.855 bits per heavy atom. The second-order valence-electron chi connectivity index (χ2n) is 32.7. The monoisotopic (exact) mass is 1400 g/mol. The van der Waals surface area contributed by atoms with Gasteiger partial charge in [0, 0.05) is 55.8 Å². The van der Waals surface area contributed by atoms with E-state index in [1.165, 1.54) is 125 Å². The number of nitrogens with zero attached hydrogens (tertiary/aromatic N) is 3. The van der Waals surface area contributed by atoms with Gasteiger partial charge >= 0.3 is 0 Å². The van der Waals surface area contributed by atoms with E-state index >= 15 is 0 Å². The van der Waals surface area contributed by atoms with Gasteiger partial charge in [0.1, 0.15) is 0 Å². The van der Waals surface area contributed by atoms with Crippen LogP contribution in [-0.2, 0) is 10.8 Å². The predicted molar refractivity (Wildman–Crippen MR) is 472 cm³/mol. The summed E-state index contributed by atoms with van der Waals surface area (Å²) in [5, 5.41) is 17.8. The van der Waals surface area contributed by atoms with E-state index in [1.54, 1.807) is 0 Å².